The lowest BCUT2D eigenvalue weighted by molar-refractivity contribution is -0.139. The Hall–Kier alpha value is -2.38. The molecular weight excluding hydrogens is 338 g/mol. The fourth-order valence-electron chi connectivity index (χ4n) is 2.80. The zero-order valence-corrected chi connectivity index (χ0v) is 13.6. The summed E-state index contributed by atoms with van der Waals surface area (Å²) in [4.78, 5) is 8.96. The van der Waals surface area contributed by atoms with Crippen LogP contribution in [0, 0.1) is 5.82 Å². The third-order valence-electron chi connectivity index (χ3n) is 4.14. The van der Waals surface area contributed by atoms with Crippen LogP contribution >= 0.6 is 0 Å². The van der Waals surface area contributed by atoms with Crippen LogP contribution in [0.3, 0.4) is 0 Å². The average Bonchev–Trinajstić information content (AvgIpc) is 3.06. The van der Waals surface area contributed by atoms with Crippen LogP contribution in [0.15, 0.2) is 30.5 Å². The van der Waals surface area contributed by atoms with Crippen molar-refractivity contribution in [3.05, 3.63) is 41.8 Å². The molecule has 0 radical (unpaired) electrons. The summed E-state index contributed by atoms with van der Waals surface area (Å²) in [5.41, 5.74) is -0.862. The summed E-state index contributed by atoms with van der Waals surface area (Å²) < 4.78 is 59.0. The van der Waals surface area contributed by atoms with Crippen molar-refractivity contribution >= 4 is 11.6 Å². The number of benzene rings is 1. The minimum Gasteiger partial charge on any atom is -0.474 e. The summed E-state index contributed by atoms with van der Waals surface area (Å²) in [7, 11) is 1.49. The van der Waals surface area contributed by atoms with Gasteiger partial charge in [-0.3, -0.25) is 0 Å². The maximum atomic E-state index is 13.9. The van der Waals surface area contributed by atoms with Crippen LogP contribution in [-0.4, -0.2) is 23.1 Å². The van der Waals surface area contributed by atoms with Gasteiger partial charge in [-0.25, -0.2) is 9.37 Å². The molecule has 8 heteroatoms. The van der Waals surface area contributed by atoms with Crippen LogP contribution in [-0.2, 0) is 6.18 Å². The third-order valence-corrected chi connectivity index (χ3v) is 4.14. The van der Waals surface area contributed by atoms with Crippen molar-refractivity contribution in [1.29, 1.82) is 0 Å². The Labute approximate surface area is 142 Å². The lowest BCUT2D eigenvalue weighted by Gasteiger charge is -2.21. The number of nitrogens with zero attached hydrogens (tertiary/aromatic N) is 3. The molecule has 25 heavy (non-hydrogen) atoms. The first-order valence-corrected chi connectivity index (χ1v) is 7.95. The summed E-state index contributed by atoms with van der Waals surface area (Å²) in [6.07, 6.45) is -1.01. The largest absolute Gasteiger partial charge is 0.474 e. The van der Waals surface area contributed by atoms with Crippen LogP contribution in [0.5, 0.6) is 5.88 Å². The molecule has 0 aliphatic heterocycles. The van der Waals surface area contributed by atoms with E-state index in [1.807, 2.05) is 0 Å². The molecule has 0 amide bonds. The number of para-hydroxylation sites is 1. The van der Waals surface area contributed by atoms with E-state index >= 15 is 0 Å². The molecular formula is C17H17F4N3O. The molecule has 1 fully saturated rings. The molecule has 0 saturated heterocycles. The van der Waals surface area contributed by atoms with Gasteiger partial charge in [0.05, 0.1) is 5.69 Å². The standard InChI is InChI=1S/C17H17F4N3O/c1-24(14-9-5-4-8-13(14)18)16-22-10-12(17(19,20)21)15(23-16)25-11-6-2-3-7-11/h4-5,8-11H,2-3,6-7H2,1H3. The molecule has 4 nitrogen and oxygen atoms in total. The monoisotopic (exact) mass is 355 g/mol. The van der Waals surface area contributed by atoms with Gasteiger partial charge in [0, 0.05) is 13.2 Å². The van der Waals surface area contributed by atoms with Gasteiger partial charge in [0.2, 0.25) is 11.8 Å². The first-order chi connectivity index (χ1) is 11.9. The molecule has 1 aromatic carbocycles. The van der Waals surface area contributed by atoms with E-state index in [0.717, 1.165) is 12.8 Å². The van der Waals surface area contributed by atoms with E-state index in [4.69, 9.17) is 4.74 Å². The van der Waals surface area contributed by atoms with E-state index in [1.165, 1.54) is 30.1 Å². The molecule has 0 spiro atoms. The molecule has 134 valence electrons. The van der Waals surface area contributed by atoms with Crippen LogP contribution in [0.1, 0.15) is 31.2 Å². The number of halogens is 4. The predicted molar refractivity (Wildman–Crippen MR) is 84.4 cm³/mol. The van der Waals surface area contributed by atoms with Gasteiger partial charge in [-0.15, -0.1) is 0 Å². The molecule has 1 heterocycles. The van der Waals surface area contributed by atoms with Crippen molar-refractivity contribution in [2.45, 2.75) is 38.0 Å². The number of rotatable bonds is 4. The quantitative estimate of drug-likeness (QED) is 0.744. The second kappa shape index (κ2) is 6.85. The van der Waals surface area contributed by atoms with Crippen LogP contribution in [0.25, 0.3) is 0 Å². The fourth-order valence-corrected chi connectivity index (χ4v) is 2.80. The zero-order chi connectivity index (χ0) is 18.0. The number of anilines is 2. The zero-order valence-electron chi connectivity index (χ0n) is 13.6. The van der Waals surface area contributed by atoms with Gasteiger partial charge in [0.15, 0.2) is 0 Å². The van der Waals surface area contributed by atoms with Crippen molar-refractivity contribution in [2.75, 3.05) is 11.9 Å². The summed E-state index contributed by atoms with van der Waals surface area (Å²) >= 11 is 0. The first-order valence-electron chi connectivity index (χ1n) is 7.95. The molecule has 1 aliphatic carbocycles. The summed E-state index contributed by atoms with van der Waals surface area (Å²) in [5.74, 6) is -1.09. The highest BCUT2D eigenvalue weighted by atomic mass is 19.4. The number of hydrogen-bond acceptors (Lipinski definition) is 4. The average molecular weight is 355 g/mol. The smallest absolute Gasteiger partial charge is 0.423 e. The van der Waals surface area contributed by atoms with Gasteiger partial charge in [0.25, 0.3) is 0 Å². The molecule has 0 N–H and O–H groups in total. The lowest BCUT2D eigenvalue weighted by atomic mass is 10.2. The Morgan fingerprint density at radius 1 is 1.16 bits per heavy atom. The molecule has 0 bridgehead atoms. The van der Waals surface area contributed by atoms with Crippen molar-refractivity contribution < 1.29 is 22.3 Å². The second-order valence-electron chi connectivity index (χ2n) is 5.92. The van der Waals surface area contributed by atoms with Crippen molar-refractivity contribution in [3.63, 3.8) is 0 Å². The summed E-state index contributed by atoms with van der Waals surface area (Å²) in [6, 6.07) is 5.89. The van der Waals surface area contributed by atoms with Crippen molar-refractivity contribution in [2.24, 2.45) is 0 Å². The van der Waals surface area contributed by atoms with Crippen LogP contribution in [0.2, 0.25) is 0 Å². The van der Waals surface area contributed by atoms with Crippen molar-refractivity contribution in [3.8, 4) is 5.88 Å². The minimum absolute atomic E-state index is 0.0638. The highest BCUT2D eigenvalue weighted by molar-refractivity contribution is 5.57. The lowest BCUT2D eigenvalue weighted by Crippen LogP contribution is -2.20. The molecule has 2 aromatic rings. The summed E-state index contributed by atoms with van der Waals surface area (Å²) in [5, 5.41) is 0. The van der Waals surface area contributed by atoms with Gasteiger partial charge < -0.3 is 9.64 Å². The van der Waals surface area contributed by atoms with Gasteiger partial charge in [-0.05, 0) is 37.8 Å². The van der Waals surface area contributed by atoms with Gasteiger partial charge >= 0.3 is 6.18 Å². The predicted octanol–water partition coefficient (Wildman–Crippen LogP) is 4.72. The second-order valence-corrected chi connectivity index (χ2v) is 5.92. The molecule has 0 atom stereocenters. The molecule has 1 aromatic heterocycles. The number of hydrogen-bond donors (Lipinski definition) is 0. The molecule has 1 saturated carbocycles. The van der Waals surface area contributed by atoms with Crippen molar-refractivity contribution in [1.82, 2.24) is 9.97 Å². The third kappa shape index (κ3) is 3.83. The van der Waals surface area contributed by atoms with E-state index in [2.05, 4.69) is 9.97 Å². The Morgan fingerprint density at radius 2 is 1.84 bits per heavy atom. The Kier molecular flexibility index (Phi) is 4.78. The molecule has 0 unspecified atom stereocenters. The maximum Gasteiger partial charge on any atom is 0.423 e. The Balaban J connectivity index is 1.96. The Morgan fingerprint density at radius 3 is 2.48 bits per heavy atom. The normalized spacial score (nSPS) is 15.4. The number of ether oxygens (including phenoxy) is 1. The molecule has 1 aliphatic rings. The number of alkyl halides is 3. The van der Waals surface area contributed by atoms with Gasteiger partial charge in [-0.2, -0.15) is 18.2 Å². The van der Waals surface area contributed by atoms with Gasteiger partial charge in [-0.1, -0.05) is 12.1 Å². The van der Waals surface area contributed by atoms with Crippen LogP contribution < -0.4 is 9.64 Å². The topological polar surface area (TPSA) is 38.2 Å². The van der Waals surface area contributed by atoms with E-state index in [0.29, 0.717) is 19.0 Å². The van der Waals surface area contributed by atoms with E-state index in [1.54, 1.807) is 6.07 Å². The number of aromatic nitrogens is 2. The summed E-state index contributed by atoms with van der Waals surface area (Å²) in [6.45, 7) is 0. The van der Waals surface area contributed by atoms with Gasteiger partial charge in [0.1, 0.15) is 17.5 Å². The molecule has 3 rings (SSSR count). The SMILES string of the molecule is CN(c1ncc(C(F)(F)F)c(OC2CCCC2)n1)c1ccccc1F. The van der Waals surface area contributed by atoms with E-state index in [-0.39, 0.29) is 17.7 Å². The van der Waals surface area contributed by atoms with Crippen LogP contribution in [0.4, 0.5) is 29.2 Å². The highest BCUT2D eigenvalue weighted by Gasteiger charge is 2.37. The first kappa shape index (κ1) is 17.4. The maximum absolute atomic E-state index is 13.9. The van der Waals surface area contributed by atoms with E-state index in [9.17, 15) is 17.6 Å². The highest BCUT2D eigenvalue weighted by Crippen LogP contribution is 2.37. The van der Waals surface area contributed by atoms with E-state index < -0.39 is 23.4 Å². The minimum atomic E-state index is -4.62. The Bertz CT molecular complexity index is 745. The fraction of sp³-hybridized carbons (Fsp3) is 0.412.